The van der Waals surface area contributed by atoms with Gasteiger partial charge in [-0.25, -0.2) is 0 Å². The predicted octanol–water partition coefficient (Wildman–Crippen LogP) is 4.31. The number of benzene rings is 2. The maximum absolute atomic E-state index is 12.6. The minimum Gasteiger partial charge on any atom is -0.494 e. The van der Waals surface area contributed by atoms with Crippen molar-refractivity contribution in [1.29, 1.82) is 0 Å². The number of alkyl halides is 3. The van der Waals surface area contributed by atoms with E-state index < -0.39 is 11.7 Å². The second-order valence-electron chi connectivity index (χ2n) is 5.70. The molecule has 0 saturated heterocycles. The Morgan fingerprint density at radius 3 is 2.08 bits per heavy atom. The van der Waals surface area contributed by atoms with Crippen molar-refractivity contribution in [2.45, 2.75) is 26.1 Å². The lowest BCUT2D eigenvalue weighted by atomic mass is 10.1. The van der Waals surface area contributed by atoms with Crippen molar-refractivity contribution in [2.24, 2.45) is 0 Å². The number of rotatable bonds is 6. The van der Waals surface area contributed by atoms with Gasteiger partial charge in [0.15, 0.2) is 0 Å². The molecule has 6 heteroatoms. The lowest BCUT2D eigenvalue weighted by Gasteiger charge is -2.18. The van der Waals surface area contributed by atoms with Crippen LogP contribution in [0.1, 0.15) is 23.6 Å². The minimum atomic E-state index is -4.35. The van der Waals surface area contributed by atoms with Gasteiger partial charge in [-0.1, -0.05) is 24.3 Å². The number of hydrogen-bond donors (Lipinski definition) is 0. The molecular formula is C19H20F3NO2. The molecule has 0 atom stereocenters. The van der Waals surface area contributed by atoms with Gasteiger partial charge in [-0.15, -0.1) is 0 Å². The van der Waals surface area contributed by atoms with Crippen molar-refractivity contribution in [1.82, 2.24) is 4.90 Å². The second kappa shape index (κ2) is 8.05. The van der Waals surface area contributed by atoms with Gasteiger partial charge in [0, 0.05) is 13.6 Å². The Kier molecular flexibility index (Phi) is 6.07. The van der Waals surface area contributed by atoms with Crippen LogP contribution in [0.5, 0.6) is 5.75 Å². The van der Waals surface area contributed by atoms with E-state index in [0.29, 0.717) is 12.2 Å². The topological polar surface area (TPSA) is 29.5 Å². The smallest absolute Gasteiger partial charge is 0.416 e. The summed E-state index contributed by atoms with van der Waals surface area (Å²) in [7, 11) is 1.63. The standard InChI is InChI=1S/C19H20F3NO2/c1-3-25-17-10-6-14(7-11-17)12-18(24)23(2)13-15-4-8-16(9-5-15)19(20,21)22/h4-11H,3,12-13H2,1-2H3. The highest BCUT2D eigenvalue weighted by atomic mass is 19.4. The Hall–Kier alpha value is -2.50. The zero-order valence-electron chi connectivity index (χ0n) is 14.1. The summed E-state index contributed by atoms with van der Waals surface area (Å²) in [5, 5.41) is 0. The lowest BCUT2D eigenvalue weighted by Crippen LogP contribution is -2.27. The van der Waals surface area contributed by atoms with Crippen molar-refractivity contribution in [3.8, 4) is 5.75 Å². The highest BCUT2D eigenvalue weighted by molar-refractivity contribution is 5.78. The molecule has 25 heavy (non-hydrogen) atoms. The number of halogens is 3. The van der Waals surface area contributed by atoms with Gasteiger partial charge in [0.2, 0.25) is 5.91 Å². The first kappa shape index (κ1) is 18.8. The lowest BCUT2D eigenvalue weighted by molar-refractivity contribution is -0.137. The van der Waals surface area contributed by atoms with Crippen LogP contribution in [-0.4, -0.2) is 24.5 Å². The van der Waals surface area contributed by atoms with Crippen molar-refractivity contribution >= 4 is 5.91 Å². The Morgan fingerprint density at radius 1 is 1.00 bits per heavy atom. The SMILES string of the molecule is CCOc1ccc(CC(=O)N(C)Cc2ccc(C(F)(F)F)cc2)cc1. The summed E-state index contributed by atoms with van der Waals surface area (Å²) >= 11 is 0. The molecule has 0 aromatic heterocycles. The quantitative estimate of drug-likeness (QED) is 0.776. The molecule has 0 radical (unpaired) electrons. The summed E-state index contributed by atoms with van der Waals surface area (Å²) in [6.45, 7) is 2.73. The van der Waals surface area contributed by atoms with Gasteiger partial charge in [-0.05, 0) is 42.3 Å². The van der Waals surface area contributed by atoms with Gasteiger partial charge in [-0.3, -0.25) is 4.79 Å². The van der Waals surface area contributed by atoms with Crippen LogP contribution in [0.15, 0.2) is 48.5 Å². The van der Waals surface area contributed by atoms with Crippen molar-refractivity contribution in [3.05, 3.63) is 65.2 Å². The fourth-order valence-electron chi connectivity index (χ4n) is 2.34. The fourth-order valence-corrected chi connectivity index (χ4v) is 2.34. The average Bonchev–Trinajstić information content (AvgIpc) is 2.56. The zero-order chi connectivity index (χ0) is 18.4. The molecule has 0 aliphatic carbocycles. The van der Waals surface area contributed by atoms with Crippen LogP contribution in [0.2, 0.25) is 0 Å². The monoisotopic (exact) mass is 351 g/mol. The first-order valence-corrected chi connectivity index (χ1v) is 7.91. The largest absolute Gasteiger partial charge is 0.494 e. The van der Waals surface area contributed by atoms with Crippen LogP contribution in [0, 0.1) is 0 Å². The Morgan fingerprint density at radius 2 is 1.56 bits per heavy atom. The van der Waals surface area contributed by atoms with Crippen LogP contribution in [0.3, 0.4) is 0 Å². The normalized spacial score (nSPS) is 11.2. The molecule has 0 spiro atoms. The van der Waals surface area contributed by atoms with Gasteiger partial charge in [0.25, 0.3) is 0 Å². The second-order valence-corrected chi connectivity index (χ2v) is 5.70. The van der Waals surface area contributed by atoms with Crippen LogP contribution < -0.4 is 4.74 Å². The molecule has 0 unspecified atom stereocenters. The van der Waals surface area contributed by atoms with Crippen LogP contribution in [0.4, 0.5) is 13.2 Å². The third kappa shape index (κ3) is 5.52. The Balaban J connectivity index is 1.93. The van der Waals surface area contributed by atoms with E-state index in [1.807, 2.05) is 31.2 Å². The van der Waals surface area contributed by atoms with Crippen LogP contribution >= 0.6 is 0 Å². The molecule has 0 aliphatic rings. The highest BCUT2D eigenvalue weighted by Crippen LogP contribution is 2.29. The maximum Gasteiger partial charge on any atom is 0.416 e. The first-order chi connectivity index (χ1) is 11.8. The fraction of sp³-hybridized carbons (Fsp3) is 0.316. The van der Waals surface area contributed by atoms with E-state index in [9.17, 15) is 18.0 Å². The third-order valence-electron chi connectivity index (χ3n) is 3.72. The minimum absolute atomic E-state index is 0.107. The summed E-state index contributed by atoms with van der Waals surface area (Å²) in [5.41, 5.74) is 0.808. The average molecular weight is 351 g/mol. The zero-order valence-corrected chi connectivity index (χ0v) is 14.1. The number of hydrogen-bond acceptors (Lipinski definition) is 2. The van der Waals surface area contributed by atoms with E-state index in [1.54, 1.807) is 7.05 Å². The van der Waals surface area contributed by atoms with Gasteiger partial charge in [-0.2, -0.15) is 13.2 Å². The molecule has 2 rings (SSSR count). The number of carbonyl (C=O) groups is 1. The van der Waals surface area contributed by atoms with E-state index in [1.165, 1.54) is 17.0 Å². The predicted molar refractivity (Wildman–Crippen MR) is 89.2 cm³/mol. The molecule has 0 saturated carbocycles. The van der Waals surface area contributed by atoms with Crippen molar-refractivity contribution < 1.29 is 22.7 Å². The molecule has 1 amide bonds. The summed E-state index contributed by atoms with van der Waals surface area (Å²) in [6.07, 6.45) is -4.13. The molecule has 0 heterocycles. The van der Waals surface area contributed by atoms with Gasteiger partial charge in [0.1, 0.15) is 5.75 Å². The number of amides is 1. The molecule has 2 aromatic rings. The highest BCUT2D eigenvalue weighted by Gasteiger charge is 2.29. The van der Waals surface area contributed by atoms with E-state index in [-0.39, 0.29) is 18.9 Å². The number of likely N-dealkylation sites (N-methyl/N-ethyl adjacent to an activating group) is 1. The van der Waals surface area contributed by atoms with E-state index in [4.69, 9.17) is 4.74 Å². The maximum atomic E-state index is 12.6. The van der Waals surface area contributed by atoms with Gasteiger partial charge in [0.05, 0.1) is 18.6 Å². The van der Waals surface area contributed by atoms with Gasteiger partial charge < -0.3 is 9.64 Å². The summed E-state index contributed by atoms with van der Waals surface area (Å²) in [4.78, 5) is 13.8. The van der Waals surface area contributed by atoms with Gasteiger partial charge >= 0.3 is 6.18 Å². The molecule has 0 aliphatic heterocycles. The first-order valence-electron chi connectivity index (χ1n) is 7.91. The van der Waals surface area contributed by atoms with Crippen molar-refractivity contribution in [2.75, 3.05) is 13.7 Å². The van der Waals surface area contributed by atoms with Crippen molar-refractivity contribution in [3.63, 3.8) is 0 Å². The molecule has 0 fully saturated rings. The Bertz CT molecular complexity index is 694. The number of nitrogens with zero attached hydrogens (tertiary/aromatic N) is 1. The number of carbonyl (C=O) groups excluding carboxylic acids is 1. The molecule has 134 valence electrons. The Labute approximate surface area is 145 Å². The third-order valence-corrected chi connectivity index (χ3v) is 3.72. The van der Waals surface area contributed by atoms with E-state index in [2.05, 4.69) is 0 Å². The summed E-state index contributed by atoms with van der Waals surface area (Å²) in [5.74, 6) is 0.640. The molecule has 2 aromatic carbocycles. The molecule has 0 bridgehead atoms. The number of ether oxygens (including phenoxy) is 1. The van der Waals surface area contributed by atoms with E-state index >= 15 is 0 Å². The molecular weight excluding hydrogens is 331 g/mol. The summed E-state index contributed by atoms with van der Waals surface area (Å²) < 4.78 is 43.0. The van der Waals surface area contributed by atoms with Crippen LogP contribution in [-0.2, 0) is 23.9 Å². The van der Waals surface area contributed by atoms with E-state index in [0.717, 1.165) is 23.4 Å². The molecule has 3 nitrogen and oxygen atoms in total. The van der Waals surface area contributed by atoms with Crippen LogP contribution in [0.25, 0.3) is 0 Å². The molecule has 0 N–H and O–H groups in total. The summed E-state index contributed by atoms with van der Waals surface area (Å²) in [6, 6.07) is 12.1.